The summed E-state index contributed by atoms with van der Waals surface area (Å²) in [7, 11) is 0. The summed E-state index contributed by atoms with van der Waals surface area (Å²) in [5.41, 5.74) is 0. The molecule has 0 bridgehead atoms. The van der Waals surface area contributed by atoms with Crippen molar-refractivity contribution in [1.82, 2.24) is 0 Å². The van der Waals surface area contributed by atoms with Crippen LogP contribution in [0.4, 0.5) is 0 Å². The summed E-state index contributed by atoms with van der Waals surface area (Å²) in [5, 5.41) is 8.66. The predicted molar refractivity (Wildman–Crippen MR) is 59.3 cm³/mol. The summed E-state index contributed by atoms with van der Waals surface area (Å²) in [4.78, 5) is 10.5. The molecule has 0 saturated carbocycles. The Morgan fingerprint density at radius 3 is 1.93 bits per heavy atom. The molecule has 0 heterocycles. The average Bonchev–Trinajstić information content (AvgIpc) is 2.09. The monoisotopic (exact) mass is 200 g/mol. The zero-order valence-electron chi connectivity index (χ0n) is 9.75. The number of carboxylic acid groups (broad SMARTS) is 1. The van der Waals surface area contributed by atoms with Crippen molar-refractivity contribution >= 4 is 5.97 Å². The number of aliphatic carboxylic acids is 1. The van der Waals surface area contributed by atoms with Crippen LogP contribution in [-0.2, 0) is 4.79 Å². The topological polar surface area (TPSA) is 37.3 Å². The van der Waals surface area contributed by atoms with Gasteiger partial charge in [0.2, 0.25) is 0 Å². The molecule has 0 aliphatic heterocycles. The molecule has 0 amide bonds. The molecule has 84 valence electrons. The van der Waals surface area contributed by atoms with Crippen LogP contribution in [0.1, 0.15) is 59.3 Å². The zero-order valence-corrected chi connectivity index (χ0v) is 9.75. The van der Waals surface area contributed by atoms with E-state index >= 15 is 0 Å². The van der Waals surface area contributed by atoms with E-state index in [0.29, 0.717) is 0 Å². The van der Waals surface area contributed by atoms with Gasteiger partial charge >= 0.3 is 5.97 Å². The maximum Gasteiger partial charge on any atom is 0.306 e. The molecule has 2 nitrogen and oxygen atoms in total. The number of carbonyl (C=O) groups is 1. The Morgan fingerprint density at radius 2 is 1.50 bits per heavy atom. The largest absolute Gasteiger partial charge is 0.481 e. The zero-order chi connectivity index (χ0) is 11.0. The Bertz CT molecular complexity index is 152. The highest BCUT2D eigenvalue weighted by Gasteiger charge is 2.09. The fourth-order valence-corrected chi connectivity index (χ4v) is 1.48. The lowest BCUT2D eigenvalue weighted by atomic mass is 10.0. The Hall–Kier alpha value is -0.530. The van der Waals surface area contributed by atoms with E-state index in [1.54, 1.807) is 6.92 Å². The van der Waals surface area contributed by atoms with Gasteiger partial charge in [0.05, 0.1) is 5.92 Å². The molecule has 0 aliphatic rings. The van der Waals surface area contributed by atoms with Crippen LogP contribution in [0.3, 0.4) is 0 Å². The fourth-order valence-electron chi connectivity index (χ4n) is 1.48. The molecule has 2 heteroatoms. The molecule has 1 N–H and O–H groups in total. The Labute approximate surface area is 87.7 Å². The predicted octanol–water partition coefficient (Wildman–Crippen LogP) is 3.70. The summed E-state index contributed by atoms with van der Waals surface area (Å²) in [6.45, 7) is 6.27. The molecule has 0 aromatic carbocycles. The van der Waals surface area contributed by atoms with Crippen molar-refractivity contribution in [2.75, 3.05) is 0 Å². The van der Waals surface area contributed by atoms with Crippen molar-refractivity contribution in [3.63, 3.8) is 0 Å². The summed E-state index contributed by atoms with van der Waals surface area (Å²) in [6, 6.07) is 0. The molecule has 0 rings (SSSR count). The van der Waals surface area contributed by atoms with E-state index in [2.05, 4.69) is 13.8 Å². The van der Waals surface area contributed by atoms with E-state index < -0.39 is 5.97 Å². The van der Waals surface area contributed by atoms with Crippen LogP contribution in [0.2, 0.25) is 0 Å². The molecule has 0 saturated heterocycles. The summed E-state index contributed by atoms with van der Waals surface area (Å²) < 4.78 is 0. The van der Waals surface area contributed by atoms with Gasteiger partial charge in [-0.2, -0.15) is 0 Å². The van der Waals surface area contributed by atoms with Gasteiger partial charge in [0, 0.05) is 0 Å². The standard InChI is InChI=1S/C12H24O2/c1-10(2)8-6-4-5-7-9-11(3)12(13)14/h10-11H,4-9H2,1-3H3,(H,13,14). The van der Waals surface area contributed by atoms with Gasteiger partial charge in [-0.1, -0.05) is 52.9 Å². The number of carboxylic acids is 1. The first-order chi connectivity index (χ1) is 6.54. The molecule has 0 radical (unpaired) electrons. The molecule has 0 aliphatic carbocycles. The van der Waals surface area contributed by atoms with Crippen LogP contribution in [0.25, 0.3) is 0 Å². The van der Waals surface area contributed by atoms with Gasteiger partial charge in [-0.25, -0.2) is 0 Å². The van der Waals surface area contributed by atoms with Gasteiger partial charge < -0.3 is 5.11 Å². The maximum atomic E-state index is 10.5. The molecule has 0 fully saturated rings. The third kappa shape index (κ3) is 8.09. The van der Waals surface area contributed by atoms with Gasteiger partial charge in [-0.3, -0.25) is 4.79 Å². The minimum atomic E-state index is -0.660. The van der Waals surface area contributed by atoms with E-state index in [1.165, 1.54) is 25.7 Å². The molecule has 0 aromatic rings. The summed E-state index contributed by atoms with van der Waals surface area (Å²) >= 11 is 0. The molecular formula is C12H24O2. The summed E-state index contributed by atoms with van der Waals surface area (Å²) in [5.74, 6) is -0.0276. The van der Waals surface area contributed by atoms with Crippen molar-refractivity contribution < 1.29 is 9.90 Å². The third-order valence-corrected chi connectivity index (χ3v) is 2.59. The first-order valence-corrected chi connectivity index (χ1v) is 5.76. The third-order valence-electron chi connectivity index (χ3n) is 2.59. The minimum Gasteiger partial charge on any atom is -0.481 e. The fraction of sp³-hybridized carbons (Fsp3) is 0.917. The number of unbranched alkanes of at least 4 members (excludes halogenated alkanes) is 3. The molecule has 14 heavy (non-hydrogen) atoms. The number of hydrogen-bond donors (Lipinski definition) is 1. The number of hydrogen-bond acceptors (Lipinski definition) is 1. The van der Waals surface area contributed by atoms with E-state index in [0.717, 1.165) is 18.8 Å². The van der Waals surface area contributed by atoms with Crippen LogP contribution >= 0.6 is 0 Å². The number of rotatable bonds is 8. The maximum absolute atomic E-state index is 10.5. The molecule has 0 spiro atoms. The molecule has 1 atom stereocenters. The average molecular weight is 200 g/mol. The molecule has 1 unspecified atom stereocenters. The lowest BCUT2D eigenvalue weighted by molar-refractivity contribution is -0.141. The van der Waals surface area contributed by atoms with Crippen molar-refractivity contribution in [2.45, 2.75) is 59.3 Å². The lowest BCUT2D eigenvalue weighted by Gasteiger charge is -2.06. The first-order valence-electron chi connectivity index (χ1n) is 5.76. The highest BCUT2D eigenvalue weighted by Crippen LogP contribution is 2.13. The second kappa shape index (κ2) is 7.84. The van der Waals surface area contributed by atoms with Crippen molar-refractivity contribution in [1.29, 1.82) is 0 Å². The lowest BCUT2D eigenvalue weighted by Crippen LogP contribution is -2.08. The quantitative estimate of drug-likeness (QED) is 0.606. The summed E-state index contributed by atoms with van der Waals surface area (Å²) in [6.07, 6.45) is 6.92. The van der Waals surface area contributed by atoms with Gasteiger partial charge in [0.25, 0.3) is 0 Å². The molecular weight excluding hydrogens is 176 g/mol. The van der Waals surface area contributed by atoms with Crippen LogP contribution in [0.5, 0.6) is 0 Å². The van der Waals surface area contributed by atoms with Gasteiger partial charge in [-0.15, -0.1) is 0 Å². The van der Waals surface area contributed by atoms with Crippen LogP contribution in [0, 0.1) is 11.8 Å². The van der Waals surface area contributed by atoms with Crippen LogP contribution < -0.4 is 0 Å². The SMILES string of the molecule is CC(C)CCCCCCC(C)C(=O)O. The van der Waals surface area contributed by atoms with Gasteiger partial charge in [0.15, 0.2) is 0 Å². The van der Waals surface area contributed by atoms with Gasteiger partial charge in [0.1, 0.15) is 0 Å². The van der Waals surface area contributed by atoms with Crippen LogP contribution in [0.15, 0.2) is 0 Å². The van der Waals surface area contributed by atoms with Gasteiger partial charge in [-0.05, 0) is 12.3 Å². The van der Waals surface area contributed by atoms with E-state index in [1.807, 2.05) is 0 Å². The Kier molecular flexibility index (Phi) is 7.54. The second-order valence-corrected chi connectivity index (χ2v) is 4.62. The van der Waals surface area contributed by atoms with Crippen molar-refractivity contribution in [2.24, 2.45) is 11.8 Å². The normalized spacial score (nSPS) is 13.1. The van der Waals surface area contributed by atoms with E-state index in [9.17, 15) is 4.79 Å². The molecule has 0 aromatic heterocycles. The first kappa shape index (κ1) is 13.5. The van der Waals surface area contributed by atoms with Crippen LogP contribution in [-0.4, -0.2) is 11.1 Å². The Balaban J connectivity index is 3.17. The highest BCUT2D eigenvalue weighted by atomic mass is 16.4. The van der Waals surface area contributed by atoms with E-state index in [-0.39, 0.29) is 5.92 Å². The van der Waals surface area contributed by atoms with Crippen molar-refractivity contribution in [3.05, 3.63) is 0 Å². The minimum absolute atomic E-state index is 0.167. The van der Waals surface area contributed by atoms with Crippen molar-refractivity contribution in [3.8, 4) is 0 Å². The van der Waals surface area contributed by atoms with E-state index in [4.69, 9.17) is 5.11 Å². The Morgan fingerprint density at radius 1 is 1.00 bits per heavy atom. The highest BCUT2D eigenvalue weighted by molar-refractivity contribution is 5.69. The smallest absolute Gasteiger partial charge is 0.306 e. The second-order valence-electron chi connectivity index (χ2n) is 4.62.